The predicted octanol–water partition coefficient (Wildman–Crippen LogP) is 6.13. The van der Waals surface area contributed by atoms with E-state index in [0.29, 0.717) is 33.6 Å². The highest BCUT2D eigenvalue weighted by molar-refractivity contribution is 6.13. The molecule has 0 fully saturated rings. The summed E-state index contributed by atoms with van der Waals surface area (Å²) in [5.41, 5.74) is 3.64. The zero-order valence-electron chi connectivity index (χ0n) is 20.5. The van der Waals surface area contributed by atoms with Gasteiger partial charge in [0.2, 0.25) is 0 Å². The summed E-state index contributed by atoms with van der Waals surface area (Å²) in [6.07, 6.45) is -0.840. The lowest BCUT2D eigenvalue weighted by Gasteiger charge is -2.21. The lowest BCUT2D eigenvalue weighted by atomic mass is 9.88. The Morgan fingerprint density at radius 2 is 1.56 bits per heavy atom. The van der Waals surface area contributed by atoms with Crippen LogP contribution in [0.2, 0.25) is 0 Å². The van der Waals surface area contributed by atoms with Crippen LogP contribution >= 0.6 is 0 Å². The normalized spacial score (nSPS) is 12.9. The van der Waals surface area contributed by atoms with Crippen molar-refractivity contribution in [2.24, 2.45) is 0 Å². The first-order chi connectivity index (χ1) is 16.0. The van der Waals surface area contributed by atoms with Crippen LogP contribution in [0.15, 0.2) is 30.3 Å². The minimum atomic E-state index is -0.840. The molecule has 7 nitrogen and oxygen atoms in total. The van der Waals surface area contributed by atoms with Crippen molar-refractivity contribution in [2.75, 3.05) is 14.2 Å². The highest BCUT2D eigenvalue weighted by Gasteiger charge is 2.34. The number of cyclic esters (lactones) is 1. The molecular weight excluding hydrogens is 436 g/mol. The summed E-state index contributed by atoms with van der Waals surface area (Å²) in [5.74, 6) is 0.907. The van der Waals surface area contributed by atoms with E-state index in [1.807, 2.05) is 38.1 Å². The molecule has 0 unspecified atom stereocenters. The van der Waals surface area contributed by atoms with E-state index in [4.69, 9.17) is 23.7 Å². The maximum atomic E-state index is 12.9. The van der Waals surface area contributed by atoms with Gasteiger partial charge in [-0.15, -0.1) is 0 Å². The molecule has 4 rings (SSSR count). The first-order valence-electron chi connectivity index (χ1n) is 10.9. The number of hydrogen-bond donors (Lipinski definition) is 0. The molecule has 0 radical (unpaired) electrons. The Hall–Kier alpha value is -3.74. The number of aryl methyl sites for hydroxylation is 2. The van der Waals surface area contributed by atoms with Gasteiger partial charge in [-0.2, -0.15) is 0 Å². The molecule has 7 heteroatoms. The van der Waals surface area contributed by atoms with E-state index in [0.717, 1.165) is 22.1 Å². The summed E-state index contributed by atoms with van der Waals surface area (Å²) in [4.78, 5) is 25.6. The van der Waals surface area contributed by atoms with Crippen molar-refractivity contribution in [1.82, 2.24) is 0 Å². The molecule has 0 saturated heterocycles. The molecule has 1 aliphatic heterocycles. The van der Waals surface area contributed by atoms with Crippen LogP contribution in [0.3, 0.4) is 0 Å². The Morgan fingerprint density at radius 3 is 2.18 bits per heavy atom. The number of rotatable bonds is 4. The third kappa shape index (κ3) is 4.14. The first kappa shape index (κ1) is 23.4. The summed E-state index contributed by atoms with van der Waals surface area (Å²) >= 11 is 0. The Morgan fingerprint density at radius 1 is 0.912 bits per heavy atom. The van der Waals surface area contributed by atoms with Gasteiger partial charge in [-0.3, -0.25) is 0 Å². The monoisotopic (exact) mass is 464 g/mol. The van der Waals surface area contributed by atoms with Crippen molar-refractivity contribution in [3.8, 4) is 28.4 Å². The molecule has 0 aromatic heterocycles. The third-order valence-electron chi connectivity index (χ3n) is 5.77. The van der Waals surface area contributed by atoms with Crippen LogP contribution in [0.25, 0.3) is 21.9 Å². The zero-order chi connectivity index (χ0) is 24.8. The summed E-state index contributed by atoms with van der Waals surface area (Å²) in [7, 11) is 3.13. The van der Waals surface area contributed by atoms with Gasteiger partial charge in [0, 0.05) is 16.5 Å². The molecule has 0 aliphatic carbocycles. The molecule has 0 spiro atoms. The van der Waals surface area contributed by atoms with Crippen molar-refractivity contribution in [3.05, 3.63) is 52.6 Å². The fourth-order valence-electron chi connectivity index (χ4n) is 4.11. The third-order valence-corrected chi connectivity index (χ3v) is 5.77. The molecule has 1 heterocycles. The van der Waals surface area contributed by atoms with Crippen molar-refractivity contribution < 1.29 is 33.3 Å². The lowest BCUT2D eigenvalue weighted by Crippen LogP contribution is -2.26. The molecule has 0 bridgehead atoms. The Balaban J connectivity index is 2.04. The minimum Gasteiger partial charge on any atom is -0.493 e. The molecule has 0 saturated carbocycles. The standard InChI is InChI=1S/C27H28O7/c1-14-10-17-18(11-15(14)2)24(33-26(29)34-27(3,4)5)19-13-32-25(28)23(19)22(17)16-8-9-20(30-6)21(12-16)31-7/h8-12H,13H2,1-7H3. The number of hydrogen-bond acceptors (Lipinski definition) is 7. The van der Waals surface area contributed by atoms with Crippen LogP contribution in [-0.4, -0.2) is 31.9 Å². The van der Waals surface area contributed by atoms with Gasteiger partial charge in [0.15, 0.2) is 11.5 Å². The Bertz CT molecular complexity index is 1320. The molecule has 34 heavy (non-hydrogen) atoms. The number of benzene rings is 3. The van der Waals surface area contributed by atoms with Crippen LogP contribution < -0.4 is 14.2 Å². The molecule has 0 amide bonds. The summed E-state index contributed by atoms with van der Waals surface area (Å²) in [6, 6.07) is 9.43. The van der Waals surface area contributed by atoms with Crippen LogP contribution in [0.4, 0.5) is 4.79 Å². The number of ether oxygens (including phenoxy) is 5. The van der Waals surface area contributed by atoms with E-state index in [9.17, 15) is 9.59 Å². The van der Waals surface area contributed by atoms with E-state index in [2.05, 4.69) is 0 Å². The molecule has 1 aliphatic rings. The summed E-state index contributed by atoms with van der Waals surface area (Å²) in [6.45, 7) is 9.25. The lowest BCUT2D eigenvalue weighted by molar-refractivity contribution is 0.0206. The maximum absolute atomic E-state index is 12.9. The van der Waals surface area contributed by atoms with Crippen molar-refractivity contribution >= 4 is 22.9 Å². The Labute approximate surface area is 198 Å². The quantitative estimate of drug-likeness (QED) is 0.340. The smallest absolute Gasteiger partial charge is 0.493 e. The molecule has 178 valence electrons. The second-order valence-corrected chi connectivity index (χ2v) is 9.25. The van der Waals surface area contributed by atoms with Crippen molar-refractivity contribution in [1.29, 1.82) is 0 Å². The van der Waals surface area contributed by atoms with E-state index >= 15 is 0 Å². The Kier molecular flexibility index (Phi) is 5.89. The highest BCUT2D eigenvalue weighted by atomic mass is 16.7. The van der Waals surface area contributed by atoms with Gasteiger partial charge in [-0.05, 0) is 74.9 Å². The van der Waals surface area contributed by atoms with Crippen LogP contribution in [-0.2, 0) is 16.1 Å². The first-order valence-corrected chi connectivity index (χ1v) is 10.9. The molecular formula is C27H28O7. The minimum absolute atomic E-state index is 0.00451. The average Bonchev–Trinajstić information content (AvgIpc) is 3.14. The van der Waals surface area contributed by atoms with Gasteiger partial charge < -0.3 is 23.7 Å². The van der Waals surface area contributed by atoms with E-state index in [1.54, 1.807) is 41.1 Å². The number of methoxy groups -OCH3 is 2. The van der Waals surface area contributed by atoms with Gasteiger partial charge in [0.25, 0.3) is 0 Å². The van der Waals surface area contributed by atoms with Crippen molar-refractivity contribution in [2.45, 2.75) is 46.8 Å². The van der Waals surface area contributed by atoms with Crippen LogP contribution in [0.1, 0.15) is 47.8 Å². The topological polar surface area (TPSA) is 80.3 Å². The van der Waals surface area contributed by atoms with Gasteiger partial charge in [0.05, 0.1) is 19.8 Å². The van der Waals surface area contributed by atoms with Crippen molar-refractivity contribution in [3.63, 3.8) is 0 Å². The summed E-state index contributed by atoms with van der Waals surface area (Å²) < 4.78 is 27.4. The average molecular weight is 465 g/mol. The van der Waals surface area contributed by atoms with E-state index in [-0.39, 0.29) is 12.4 Å². The SMILES string of the molecule is COc1ccc(-c2c3c(c(OC(=O)OC(C)(C)C)c4cc(C)c(C)cc24)COC3=O)cc1OC. The number of fused-ring (bicyclic) bond motifs is 2. The highest BCUT2D eigenvalue weighted by Crippen LogP contribution is 2.47. The molecule has 0 N–H and O–H groups in total. The molecule has 3 aromatic carbocycles. The molecule has 0 atom stereocenters. The fourth-order valence-corrected chi connectivity index (χ4v) is 4.11. The van der Waals surface area contributed by atoms with Crippen LogP contribution in [0, 0.1) is 13.8 Å². The second-order valence-electron chi connectivity index (χ2n) is 9.25. The van der Waals surface area contributed by atoms with Gasteiger partial charge in [-0.25, -0.2) is 9.59 Å². The van der Waals surface area contributed by atoms with Gasteiger partial charge in [0.1, 0.15) is 18.0 Å². The summed E-state index contributed by atoms with van der Waals surface area (Å²) in [5, 5.41) is 1.45. The number of carbonyl (C=O) groups excluding carboxylic acids is 2. The van der Waals surface area contributed by atoms with Gasteiger partial charge in [-0.1, -0.05) is 12.1 Å². The number of carbonyl (C=O) groups is 2. The second kappa shape index (κ2) is 8.56. The largest absolute Gasteiger partial charge is 0.514 e. The van der Waals surface area contributed by atoms with Crippen LogP contribution in [0.5, 0.6) is 17.2 Å². The number of esters is 1. The van der Waals surface area contributed by atoms with E-state index < -0.39 is 17.7 Å². The van der Waals surface area contributed by atoms with Gasteiger partial charge >= 0.3 is 12.1 Å². The van der Waals surface area contributed by atoms with E-state index in [1.165, 1.54) is 0 Å². The zero-order valence-corrected chi connectivity index (χ0v) is 20.5. The predicted molar refractivity (Wildman–Crippen MR) is 128 cm³/mol. The molecule has 3 aromatic rings. The fraction of sp³-hybridized carbons (Fsp3) is 0.333. The maximum Gasteiger partial charge on any atom is 0.514 e.